The summed E-state index contributed by atoms with van der Waals surface area (Å²) in [5.41, 5.74) is 1.12. The lowest BCUT2D eigenvalue weighted by Gasteiger charge is -2.12. The average molecular weight is 386 g/mol. The van der Waals surface area contributed by atoms with Gasteiger partial charge in [-0.2, -0.15) is 13.2 Å². The topological polar surface area (TPSA) is 65.8 Å². The molecule has 1 heterocycles. The highest BCUT2D eigenvalue weighted by molar-refractivity contribution is 6.68. The van der Waals surface area contributed by atoms with Crippen LogP contribution in [0.5, 0.6) is 0 Å². The SMILES string of the molecule is C=C(C=C(CC)C(F)(F)F)C(=O)Nc1cnc(C)c(C(C)=CC(=N)Cl)c1. The lowest BCUT2D eigenvalue weighted by molar-refractivity contribution is -0.112. The number of pyridine rings is 1. The van der Waals surface area contributed by atoms with E-state index < -0.39 is 17.7 Å². The van der Waals surface area contributed by atoms with E-state index >= 15 is 0 Å². The van der Waals surface area contributed by atoms with E-state index in [2.05, 4.69) is 16.9 Å². The maximum atomic E-state index is 12.8. The molecule has 0 aliphatic carbocycles. The number of nitrogens with zero attached hydrogens (tertiary/aromatic N) is 1. The minimum absolute atomic E-state index is 0.158. The Bertz CT molecular complexity index is 795. The molecule has 140 valence electrons. The van der Waals surface area contributed by atoms with Crippen LogP contribution in [0, 0.1) is 12.3 Å². The van der Waals surface area contributed by atoms with E-state index in [-0.39, 0.29) is 17.2 Å². The fourth-order valence-electron chi connectivity index (χ4n) is 2.14. The number of rotatable bonds is 6. The van der Waals surface area contributed by atoms with Gasteiger partial charge in [-0.3, -0.25) is 15.2 Å². The van der Waals surface area contributed by atoms with Crippen LogP contribution in [0.4, 0.5) is 18.9 Å². The number of alkyl halides is 3. The average Bonchev–Trinajstić information content (AvgIpc) is 2.52. The zero-order valence-corrected chi connectivity index (χ0v) is 15.3. The molecule has 1 amide bonds. The van der Waals surface area contributed by atoms with E-state index in [0.717, 1.165) is 6.08 Å². The van der Waals surface area contributed by atoms with Gasteiger partial charge in [-0.05, 0) is 44.1 Å². The normalized spacial score (nSPS) is 12.7. The summed E-state index contributed by atoms with van der Waals surface area (Å²) >= 11 is 5.55. The van der Waals surface area contributed by atoms with Crippen molar-refractivity contribution in [3.05, 3.63) is 53.4 Å². The second-order valence-corrected chi connectivity index (χ2v) is 5.94. The first-order valence-corrected chi connectivity index (χ1v) is 8.00. The lowest BCUT2D eigenvalue weighted by Crippen LogP contribution is -2.16. The van der Waals surface area contributed by atoms with Crippen LogP contribution in [0.3, 0.4) is 0 Å². The van der Waals surface area contributed by atoms with Gasteiger partial charge in [0.25, 0.3) is 5.91 Å². The number of hydrogen-bond acceptors (Lipinski definition) is 3. The summed E-state index contributed by atoms with van der Waals surface area (Å²) in [7, 11) is 0. The number of anilines is 1. The van der Waals surface area contributed by atoms with Gasteiger partial charge in [-0.1, -0.05) is 25.1 Å². The molecule has 2 N–H and O–H groups in total. The number of allylic oxidation sites excluding steroid dienone is 3. The second-order valence-electron chi connectivity index (χ2n) is 5.53. The molecule has 0 radical (unpaired) electrons. The molecule has 0 unspecified atom stereocenters. The Balaban J connectivity index is 3.06. The van der Waals surface area contributed by atoms with Crippen molar-refractivity contribution >= 4 is 33.9 Å². The largest absolute Gasteiger partial charge is 0.412 e. The Morgan fingerprint density at radius 2 is 2.04 bits per heavy atom. The summed E-state index contributed by atoms with van der Waals surface area (Å²) in [6.07, 6.45) is -1.23. The van der Waals surface area contributed by atoms with Gasteiger partial charge in [0.05, 0.1) is 11.9 Å². The first-order chi connectivity index (χ1) is 12.0. The number of nitrogens with one attached hydrogen (secondary N) is 2. The monoisotopic (exact) mass is 385 g/mol. The van der Waals surface area contributed by atoms with Crippen LogP contribution < -0.4 is 5.32 Å². The summed E-state index contributed by atoms with van der Waals surface area (Å²) in [5.74, 6) is -0.761. The number of aromatic nitrogens is 1. The van der Waals surface area contributed by atoms with Crippen LogP contribution in [0.1, 0.15) is 31.5 Å². The molecule has 0 bridgehead atoms. The molecule has 1 rings (SSSR count). The molecule has 1 aromatic rings. The molecule has 0 spiro atoms. The van der Waals surface area contributed by atoms with Gasteiger partial charge in [0.15, 0.2) is 0 Å². The fraction of sp³-hybridized carbons (Fsp3) is 0.278. The summed E-state index contributed by atoms with van der Waals surface area (Å²) in [6.45, 7) is 8.22. The fourth-order valence-corrected chi connectivity index (χ4v) is 2.30. The molecule has 4 nitrogen and oxygen atoms in total. The molecule has 1 aromatic heterocycles. The number of hydrogen-bond donors (Lipinski definition) is 2. The van der Waals surface area contributed by atoms with Crippen LogP contribution in [-0.4, -0.2) is 22.2 Å². The minimum atomic E-state index is -4.51. The van der Waals surface area contributed by atoms with Crippen molar-refractivity contribution < 1.29 is 18.0 Å². The summed E-state index contributed by atoms with van der Waals surface area (Å²) in [4.78, 5) is 16.3. The first kappa shape index (κ1) is 21.6. The highest BCUT2D eigenvalue weighted by Crippen LogP contribution is 2.29. The van der Waals surface area contributed by atoms with Gasteiger partial charge in [-0.25, -0.2) is 0 Å². The van der Waals surface area contributed by atoms with E-state index in [0.29, 0.717) is 22.5 Å². The smallest absolute Gasteiger partial charge is 0.321 e. The number of carbonyl (C=O) groups is 1. The zero-order valence-electron chi connectivity index (χ0n) is 14.6. The molecular weight excluding hydrogens is 367 g/mol. The van der Waals surface area contributed by atoms with Crippen molar-refractivity contribution in [2.75, 3.05) is 5.32 Å². The lowest BCUT2D eigenvalue weighted by atomic mass is 10.1. The molecule has 0 saturated heterocycles. The third kappa shape index (κ3) is 6.15. The van der Waals surface area contributed by atoms with E-state index in [1.807, 2.05) is 0 Å². The molecule has 26 heavy (non-hydrogen) atoms. The Labute approximate surface area is 155 Å². The Hall–Kier alpha value is -2.41. The van der Waals surface area contributed by atoms with Gasteiger partial charge in [0.1, 0.15) is 5.17 Å². The van der Waals surface area contributed by atoms with Crippen LogP contribution >= 0.6 is 11.6 Å². The van der Waals surface area contributed by atoms with E-state index in [4.69, 9.17) is 17.0 Å². The van der Waals surface area contributed by atoms with Gasteiger partial charge in [0.2, 0.25) is 0 Å². The summed E-state index contributed by atoms with van der Waals surface area (Å²) in [5, 5.41) is 9.60. The van der Waals surface area contributed by atoms with Crippen molar-refractivity contribution in [2.24, 2.45) is 0 Å². The van der Waals surface area contributed by atoms with Gasteiger partial charge in [0, 0.05) is 22.4 Å². The maximum Gasteiger partial charge on any atom is 0.412 e. The van der Waals surface area contributed by atoms with Crippen molar-refractivity contribution in [3.63, 3.8) is 0 Å². The first-order valence-electron chi connectivity index (χ1n) is 7.63. The molecule has 0 fully saturated rings. The van der Waals surface area contributed by atoms with Crippen molar-refractivity contribution in [1.82, 2.24) is 4.98 Å². The van der Waals surface area contributed by atoms with Gasteiger partial charge in [-0.15, -0.1) is 0 Å². The number of halogens is 4. The molecule has 0 aliphatic heterocycles. The van der Waals surface area contributed by atoms with E-state index in [9.17, 15) is 18.0 Å². The minimum Gasteiger partial charge on any atom is -0.321 e. The maximum absolute atomic E-state index is 12.8. The second kappa shape index (κ2) is 8.80. The molecule has 0 saturated carbocycles. The molecule has 8 heteroatoms. The highest BCUT2D eigenvalue weighted by Gasteiger charge is 2.32. The zero-order chi connectivity index (χ0) is 20.1. The number of carbonyl (C=O) groups excluding carboxylic acids is 1. The molecule has 0 atom stereocenters. The van der Waals surface area contributed by atoms with Crippen molar-refractivity contribution in [1.29, 1.82) is 5.41 Å². The van der Waals surface area contributed by atoms with Crippen molar-refractivity contribution in [3.8, 4) is 0 Å². The standard InChI is InChI=1S/C18H19ClF3N3O/c1-5-13(18(20,21)22)6-11(3)17(26)25-14-8-15(12(4)24-9-14)10(2)7-16(19)23/h6-9,23H,3,5H2,1-2,4H3,(H,25,26). The van der Waals surface area contributed by atoms with E-state index in [1.165, 1.54) is 19.2 Å². The molecular formula is C18H19ClF3N3O. The Morgan fingerprint density at radius 1 is 1.42 bits per heavy atom. The van der Waals surface area contributed by atoms with Gasteiger partial charge >= 0.3 is 6.18 Å². The quantitative estimate of drug-likeness (QED) is 0.391. The number of amides is 1. The third-order valence-electron chi connectivity index (χ3n) is 3.50. The third-order valence-corrected chi connectivity index (χ3v) is 3.61. The summed E-state index contributed by atoms with van der Waals surface area (Å²) in [6, 6.07) is 1.60. The van der Waals surface area contributed by atoms with Gasteiger partial charge < -0.3 is 5.32 Å². The van der Waals surface area contributed by atoms with Crippen LogP contribution in [0.25, 0.3) is 5.57 Å². The highest BCUT2D eigenvalue weighted by atomic mass is 35.5. The predicted octanol–water partition coefficient (Wildman–Crippen LogP) is 5.40. The molecule has 0 aromatic carbocycles. The predicted molar refractivity (Wildman–Crippen MR) is 98.4 cm³/mol. The Morgan fingerprint density at radius 3 is 2.54 bits per heavy atom. The van der Waals surface area contributed by atoms with E-state index in [1.54, 1.807) is 19.9 Å². The molecule has 0 aliphatic rings. The number of aryl methyl sites for hydroxylation is 1. The van der Waals surface area contributed by atoms with Crippen LogP contribution in [-0.2, 0) is 4.79 Å². The van der Waals surface area contributed by atoms with Crippen molar-refractivity contribution in [2.45, 2.75) is 33.4 Å². The Kier molecular flexibility index (Phi) is 7.32. The van der Waals surface area contributed by atoms with Crippen LogP contribution in [0.2, 0.25) is 0 Å². The summed E-state index contributed by atoms with van der Waals surface area (Å²) < 4.78 is 38.3. The van der Waals surface area contributed by atoms with Crippen LogP contribution in [0.15, 0.2) is 42.1 Å².